The van der Waals surface area contributed by atoms with Crippen LogP contribution in [0.25, 0.3) is 10.2 Å². The van der Waals surface area contributed by atoms with Crippen molar-refractivity contribution in [1.29, 1.82) is 0 Å². The normalized spacial score (nSPS) is 17.5. The molecule has 1 aliphatic rings. The number of nitrogens with zero attached hydrogens (tertiary/aromatic N) is 3. The van der Waals surface area contributed by atoms with Crippen LogP contribution in [0.1, 0.15) is 43.2 Å². The summed E-state index contributed by atoms with van der Waals surface area (Å²) < 4.78 is 1.67. The number of primary amides is 1. The molecule has 0 spiro atoms. The van der Waals surface area contributed by atoms with Crippen molar-refractivity contribution < 1.29 is 9.59 Å². The first-order valence-electron chi connectivity index (χ1n) is 9.42. The number of hydrogen-bond donors (Lipinski definition) is 1. The number of carbonyl (C=O) groups excluding carboxylic acids is 2. The Hall–Kier alpha value is -1.87. The molecule has 28 heavy (non-hydrogen) atoms. The van der Waals surface area contributed by atoms with Gasteiger partial charge in [0.25, 0.3) is 5.56 Å². The number of amides is 2. The first kappa shape index (κ1) is 20.9. The van der Waals surface area contributed by atoms with Crippen molar-refractivity contribution in [3.8, 4) is 0 Å². The number of rotatable bonds is 5. The van der Waals surface area contributed by atoms with Gasteiger partial charge in [0.1, 0.15) is 4.83 Å². The molecule has 2 amide bonds. The lowest BCUT2D eigenvalue weighted by molar-refractivity contribution is -0.132. The van der Waals surface area contributed by atoms with E-state index in [1.165, 1.54) is 23.1 Å². The van der Waals surface area contributed by atoms with Crippen LogP contribution in [0.15, 0.2) is 9.95 Å². The monoisotopic (exact) mass is 422 g/mol. The van der Waals surface area contributed by atoms with Gasteiger partial charge in [-0.15, -0.1) is 11.3 Å². The fraction of sp³-hybridized carbons (Fsp3) is 0.579. The maximum atomic E-state index is 13.1. The van der Waals surface area contributed by atoms with E-state index in [4.69, 9.17) is 10.7 Å². The van der Waals surface area contributed by atoms with E-state index in [1.807, 2.05) is 27.7 Å². The minimum Gasteiger partial charge on any atom is -0.369 e. The molecule has 7 nitrogen and oxygen atoms in total. The summed E-state index contributed by atoms with van der Waals surface area (Å²) in [6.45, 7) is 8.83. The highest BCUT2D eigenvalue weighted by Crippen LogP contribution is 2.29. The fourth-order valence-corrected chi connectivity index (χ4v) is 5.60. The molecular formula is C19H26N4O3S2. The van der Waals surface area contributed by atoms with Gasteiger partial charge in [0, 0.05) is 24.0 Å². The molecule has 2 aromatic rings. The molecule has 1 aliphatic heterocycles. The van der Waals surface area contributed by atoms with Crippen molar-refractivity contribution in [2.24, 2.45) is 11.7 Å². The molecule has 0 aromatic carbocycles. The van der Waals surface area contributed by atoms with E-state index >= 15 is 0 Å². The van der Waals surface area contributed by atoms with E-state index in [1.54, 1.807) is 9.47 Å². The molecule has 9 heteroatoms. The minimum atomic E-state index is -0.352. The highest BCUT2D eigenvalue weighted by atomic mass is 32.2. The van der Waals surface area contributed by atoms with Gasteiger partial charge in [-0.05, 0) is 46.1 Å². The molecule has 0 aliphatic carbocycles. The van der Waals surface area contributed by atoms with Crippen LogP contribution in [0.2, 0.25) is 0 Å². The summed E-state index contributed by atoms with van der Waals surface area (Å²) in [5, 5.41) is 1.23. The summed E-state index contributed by atoms with van der Waals surface area (Å²) in [5.41, 5.74) is 6.33. The van der Waals surface area contributed by atoms with Crippen molar-refractivity contribution in [1.82, 2.24) is 14.5 Å². The number of carbonyl (C=O) groups is 2. The second-order valence-corrected chi connectivity index (χ2v) is 9.64. The molecule has 0 unspecified atom stereocenters. The van der Waals surface area contributed by atoms with Crippen molar-refractivity contribution >= 4 is 45.1 Å². The molecule has 1 saturated heterocycles. The summed E-state index contributed by atoms with van der Waals surface area (Å²) in [7, 11) is 0. The van der Waals surface area contributed by atoms with Gasteiger partial charge in [0.05, 0.1) is 17.1 Å². The predicted octanol–water partition coefficient (Wildman–Crippen LogP) is 2.47. The molecule has 0 bridgehead atoms. The summed E-state index contributed by atoms with van der Waals surface area (Å²) in [6, 6.07) is -0.0594. The third-order valence-electron chi connectivity index (χ3n) is 5.22. The standard InChI is InChI=1S/C19H26N4O3S2/c1-10(2)23-18(26)15-11(3)12(4)28-17(15)21-19(23)27-9-14(24)22-7-5-6-13(8-22)16(20)25/h10,13H,5-9H2,1-4H3,(H2,20,25)/t13-/m1/s1. The van der Waals surface area contributed by atoms with Crippen LogP contribution in [0, 0.1) is 19.8 Å². The number of aromatic nitrogens is 2. The highest BCUT2D eigenvalue weighted by Gasteiger charge is 2.27. The Bertz CT molecular complexity index is 980. The van der Waals surface area contributed by atoms with E-state index in [2.05, 4.69) is 0 Å². The third-order valence-corrected chi connectivity index (χ3v) is 7.26. The van der Waals surface area contributed by atoms with Gasteiger partial charge in [-0.25, -0.2) is 4.98 Å². The van der Waals surface area contributed by atoms with Crippen molar-refractivity contribution in [3.63, 3.8) is 0 Å². The quantitative estimate of drug-likeness (QED) is 0.590. The predicted molar refractivity (Wildman–Crippen MR) is 113 cm³/mol. The maximum absolute atomic E-state index is 13.1. The van der Waals surface area contributed by atoms with Crippen LogP contribution in [-0.2, 0) is 9.59 Å². The average molecular weight is 423 g/mol. The van der Waals surface area contributed by atoms with Gasteiger partial charge in [-0.3, -0.25) is 19.0 Å². The maximum Gasteiger partial charge on any atom is 0.263 e. The van der Waals surface area contributed by atoms with E-state index in [9.17, 15) is 14.4 Å². The zero-order valence-corrected chi connectivity index (χ0v) is 18.3. The lowest BCUT2D eigenvalue weighted by Crippen LogP contribution is -2.44. The van der Waals surface area contributed by atoms with Crippen LogP contribution < -0.4 is 11.3 Å². The van der Waals surface area contributed by atoms with Crippen molar-refractivity contribution in [2.75, 3.05) is 18.8 Å². The Balaban J connectivity index is 1.84. The van der Waals surface area contributed by atoms with Crippen LogP contribution in [0.4, 0.5) is 0 Å². The smallest absolute Gasteiger partial charge is 0.263 e. The Kier molecular flexibility index (Phi) is 6.14. The molecule has 1 atom stereocenters. The van der Waals surface area contributed by atoms with Gasteiger partial charge in [-0.1, -0.05) is 11.8 Å². The first-order valence-corrected chi connectivity index (χ1v) is 11.2. The molecule has 3 rings (SSSR count). The van der Waals surface area contributed by atoms with Crippen molar-refractivity contribution in [2.45, 2.75) is 51.7 Å². The lowest BCUT2D eigenvalue weighted by atomic mass is 9.97. The summed E-state index contributed by atoms with van der Waals surface area (Å²) >= 11 is 2.79. The van der Waals surface area contributed by atoms with Crippen LogP contribution in [0.5, 0.6) is 0 Å². The van der Waals surface area contributed by atoms with Gasteiger partial charge >= 0.3 is 0 Å². The number of nitrogens with two attached hydrogens (primary N) is 1. The summed E-state index contributed by atoms with van der Waals surface area (Å²) in [4.78, 5) is 45.4. The van der Waals surface area contributed by atoms with E-state index in [0.29, 0.717) is 23.6 Å². The second-order valence-electron chi connectivity index (χ2n) is 7.50. The topological polar surface area (TPSA) is 98.3 Å². The van der Waals surface area contributed by atoms with Crippen LogP contribution >= 0.6 is 23.1 Å². The molecule has 2 N–H and O–H groups in total. The SMILES string of the molecule is Cc1sc2nc(SCC(=O)N3CCC[C@@H](C(N)=O)C3)n(C(C)C)c(=O)c2c1C. The number of piperidine rings is 1. The molecule has 1 fully saturated rings. The van der Waals surface area contributed by atoms with E-state index in [0.717, 1.165) is 28.1 Å². The Morgan fingerprint density at radius 2 is 2.07 bits per heavy atom. The molecule has 0 radical (unpaired) electrons. The van der Waals surface area contributed by atoms with Gasteiger partial charge in [0.2, 0.25) is 11.8 Å². The Morgan fingerprint density at radius 3 is 2.71 bits per heavy atom. The highest BCUT2D eigenvalue weighted by molar-refractivity contribution is 7.99. The molecule has 152 valence electrons. The molecule has 2 aromatic heterocycles. The van der Waals surface area contributed by atoms with Gasteiger partial charge in [0.15, 0.2) is 5.16 Å². The number of thiophene rings is 1. The van der Waals surface area contributed by atoms with Gasteiger partial charge in [-0.2, -0.15) is 0 Å². The van der Waals surface area contributed by atoms with E-state index in [-0.39, 0.29) is 35.1 Å². The zero-order chi connectivity index (χ0) is 20.6. The first-order chi connectivity index (χ1) is 13.2. The largest absolute Gasteiger partial charge is 0.369 e. The fourth-order valence-electron chi connectivity index (χ4n) is 3.50. The number of hydrogen-bond acceptors (Lipinski definition) is 6. The Morgan fingerprint density at radius 1 is 1.36 bits per heavy atom. The second kappa shape index (κ2) is 8.24. The molecular weight excluding hydrogens is 396 g/mol. The molecule has 0 saturated carbocycles. The average Bonchev–Trinajstić information content (AvgIpc) is 2.93. The molecule has 3 heterocycles. The zero-order valence-electron chi connectivity index (χ0n) is 16.7. The van der Waals surface area contributed by atoms with Gasteiger partial charge < -0.3 is 10.6 Å². The lowest BCUT2D eigenvalue weighted by Gasteiger charge is -2.31. The Labute approximate surface area is 172 Å². The number of aryl methyl sites for hydroxylation is 2. The number of likely N-dealkylation sites (tertiary alicyclic amines) is 1. The third kappa shape index (κ3) is 3.96. The summed E-state index contributed by atoms with van der Waals surface area (Å²) in [5.74, 6) is -0.504. The van der Waals surface area contributed by atoms with Crippen LogP contribution in [0.3, 0.4) is 0 Å². The minimum absolute atomic E-state index is 0.0523. The van der Waals surface area contributed by atoms with E-state index < -0.39 is 0 Å². The summed E-state index contributed by atoms with van der Waals surface area (Å²) in [6.07, 6.45) is 1.51. The van der Waals surface area contributed by atoms with Crippen LogP contribution in [-0.4, -0.2) is 45.1 Å². The number of fused-ring (bicyclic) bond motifs is 1. The number of thioether (sulfide) groups is 1. The van der Waals surface area contributed by atoms with Crippen molar-refractivity contribution in [3.05, 3.63) is 20.8 Å².